The molecule has 2 aromatic rings. The summed E-state index contributed by atoms with van der Waals surface area (Å²) in [5, 5.41) is 4.61. The molecular weight excluding hydrogens is 301 g/mol. The number of aromatic nitrogens is 3. The molecule has 2 rings (SSSR count). The third-order valence-corrected chi connectivity index (χ3v) is 4.48. The van der Waals surface area contributed by atoms with E-state index in [9.17, 15) is 4.79 Å². The van der Waals surface area contributed by atoms with Crippen LogP contribution in [0.2, 0.25) is 8.67 Å². The van der Waals surface area contributed by atoms with Crippen molar-refractivity contribution in [1.82, 2.24) is 14.8 Å². The topological polar surface area (TPSA) is 47.8 Å². The number of thiophene rings is 1. The largest absolute Gasteiger partial charge is 0.293 e. The lowest BCUT2D eigenvalue weighted by molar-refractivity contribution is 0.102. The molecule has 0 fully saturated rings. The molecule has 0 saturated heterocycles. The highest BCUT2D eigenvalue weighted by atomic mass is 35.5. The molecule has 90 valence electrons. The summed E-state index contributed by atoms with van der Waals surface area (Å²) in [7, 11) is 1.77. The number of halogens is 2. The molecule has 8 heteroatoms. The highest BCUT2D eigenvalue weighted by molar-refractivity contribution is 7.99. The number of thioether (sulfide) groups is 1. The van der Waals surface area contributed by atoms with Gasteiger partial charge in [0.1, 0.15) is 10.7 Å². The van der Waals surface area contributed by atoms with Crippen molar-refractivity contribution in [3.05, 3.63) is 26.6 Å². The number of Topliss-reactive ketones (excluding diaryl/α,β-unsaturated/α-hetero) is 1. The van der Waals surface area contributed by atoms with Crippen molar-refractivity contribution in [2.24, 2.45) is 7.05 Å². The molecule has 0 bridgehead atoms. The minimum absolute atomic E-state index is 0.0637. The zero-order valence-corrected chi connectivity index (χ0v) is 11.8. The fourth-order valence-corrected chi connectivity index (χ4v) is 3.42. The first kappa shape index (κ1) is 12.9. The number of aryl methyl sites for hydroxylation is 1. The Hall–Kier alpha value is -0.560. The molecule has 0 aliphatic rings. The third kappa shape index (κ3) is 3.01. The van der Waals surface area contributed by atoms with E-state index in [2.05, 4.69) is 10.1 Å². The van der Waals surface area contributed by atoms with Gasteiger partial charge in [0.25, 0.3) is 0 Å². The molecular formula is C9H7Cl2N3OS2. The Balaban J connectivity index is 2.03. The van der Waals surface area contributed by atoms with E-state index in [1.807, 2.05) is 0 Å². The van der Waals surface area contributed by atoms with Crippen LogP contribution < -0.4 is 0 Å². The summed E-state index contributed by atoms with van der Waals surface area (Å²) in [6, 6.07) is 1.59. The van der Waals surface area contributed by atoms with Gasteiger partial charge in [0, 0.05) is 12.6 Å². The average molecular weight is 308 g/mol. The molecule has 0 aliphatic carbocycles. The van der Waals surface area contributed by atoms with E-state index in [4.69, 9.17) is 23.2 Å². The van der Waals surface area contributed by atoms with Gasteiger partial charge in [-0.1, -0.05) is 35.0 Å². The highest BCUT2D eigenvalue weighted by Crippen LogP contribution is 2.32. The van der Waals surface area contributed by atoms with Gasteiger partial charge in [0.15, 0.2) is 10.9 Å². The van der Waals surface area contributed by atoms with Gasteiger partial charge in [-0.3, -0.25) is 4.79 Å². The van der Waals surface area contributed by atoms with E-state index in [0.717, 1.165) is 0 Å². The summed E-state index contributed by atoms with van der Waals surface area (Å²) in [5.41, 5.74) is 0.469. The third-order valence-electron chi connectivity index (χ3n) is 1.96. The number of hydrogen-bond acceptors (Lipinski definition) is 5. The van der Waals surface area contributed by atoms with Gasteiger partial charge in [-0.2, -0.15) is 5.10 Å². The van der Waals surface area contributed by atoms with E-state index in [-0.39, 0.29) is 11.5 Å². The predicted molar refractivity (Wildman–Crippen MR) is 70.4 cm³/mol. The van der Waals surface area contributed by atoms with Gasteiger partial charge in [0.05, 0.1) is 10.1 Å². The van der Waals surface area contributed by atoms with E-state index < -0.39 is 0 Å². The molecule has 2 aromatic heterocycles. The summed E-state index contributed by atoms with van der Waals surface area (Å²) in [4.78, 5) is 15.9. The Morgan fingerprint density at radius 1 is 1.59 bits per heavy atom. The van der Waals surface area contributed by atoms with Crippen molar-refractivity contribution in [1.29, 1.82) is 0 Å². The second kappa shape index (κ2) is 5.39. The van der Waals surface area contributed by atoms with Crippen LogP contribution in [0.3, 0.4) is 0 Å². The van der Waals surface area contributed by atoms with Crippen molar-refractivity contribution in [2.75, 3.05) is 5.75 Å². The van der Waals surface area contributed by atoms with Crippen molar-refractivity contribution >= 4 is 52.1 Å². The number of ketones is 1. The molecule has 0 N–H and O–H groups in total. The highest BCUT2D eigenvalue weighted by Gasteiger charge is 2.15. The van der Waals surface area contributed by atoms with Crippen molar-refractivity contribution in [2.45, 2.75) is 5.16 Å². The summed E-state index contributed by atoms with van der Waals surface area (Å²) < 4.78 is 2.56. The van der Waals surface area contributed by atoms with Gasteiger partial charge < -0.3 is 0 Å². The van der Waals surface area contributed by atoms with Gasteiger partial charge in [-0.15, -0.1) is 11.3 Å². The lowest BCUT2D eigenvalue weighted by Gasteiger charge is -1.99. The van der Waals surface area contributed by atoms with Crippen LogP contribution >= 0.6 is 46.3 Å². The second-order valence-corrected chi connectivity index (χ2v) is 6.34. The van der Waals surface area contributed by atoms with Crippen molar-refractivity contribution < 1.29 is 4.79 Å². The molecule has 4 nitrogen and oxygen atoms in total. The number of rotatable bonds is 4. The zero-order valence-electron chi connectivity index (χ0n) is 8.68. The van der Waals surface area contributed by atoms with E-state index >= 15 is 0 Å². The SMILES string of the molecule is Cn1ncnc1SCC(=O)c1cc(Cl)sc1Cl. The fraction of sp³-hybridized carbons (Fsp3) is 0.222. The zero-order chi connectivity index (χ0) is 12.4. The van der Waals surface area contributed by atoms with Crippen LogP contribution in [0.15, 0.2) is 17.6 Å². The van der Waals surface area contributed by atoms with E-state index in [1.54, 1.807) is 17.8 Å². The maximum atomic E-state index is 11.9. The molecule has 0 spiro atoms. The van der Waals surface area contributed by atoms with Crippen LogP contribution in [0, 0.1) is 0 Å². The Labute approximate surface area is 116 Å². The standard InChI is InChI=1S/C9H7Cl2N3OS2/c1-14-9(12-4-13-14)16-3-6(15)5-2-7(10)17-8(5)11/h2,4H,3H2,1H3. The first-order valence-corrected chi connectivity index (χ1v) is 7.08. The lowest BCUT2D eigenvalue weighted by Crippen LogP contribution is -2.03. The molecule has 0 saturated carbocycles. The predicted octanol–water partition coefficient (Wildman–Crippen LogP) is 3.16. The molecule has 0 aliphatic heterocycles. The summed E-state index contributed by atoms with van der Waals surface area (Å²) in [6.45, 7) is 0. The van der Waals surface area contributed by atoms with Crippen LogP contribution in [0.4, 0.5) is 0 Å². The van der Waals surface area contributed by atoms with Gasteiger partial charge in [-0.05, 0) is 6.07 Å². The first-order chi connectivity index (χ1) is 8.08. The molecule has 0 aromatic carbocycles. The minimum atomic E-state index is -0.0637. The lowest BCUT2D eigenvalue weighted by atomic mass is 10.2. The van der Waals surface area contributed by atoms with Crippen LogP contribution in [0.25, 0.3) is 0 Å². The first-order valence-electron chi connectivity index (χ1n) is 4.52. The molecule has 0 radical (unpaired) electrons. The van der Waals surface area contributed by atoms with Crippen LogP contribution in [0.1, 0.15) is 10.4 Å². The second-order valence-electron chi connectivity index (χ2n) is 3.12. The Kier molecular flexibility index (Phi) is 4.09. The maximum absolute atomic E-state index is 11.9. The Bertz CT molecular complexity index is 552. The number of hydrogen-bond donors (Lipinski definition) is 0. The van der Waals surface area contributed by atoms with E-state index in [0.29, 0.717) is 19.4 Å². The monoisotopic (exact) mass is 307 g/mol. The fourth-order valence-electron chi connectivity index (χ4n) is 1.15. The molecule has 17 heavy (non-hydrogen) atoms. The smallest absolute Gasteiger partial charge is 0.186 e. The quantitative estimate of drug-likeness (QED) is 0.643. The van der Waals surface area contributed by atoms with Gasteiger partial charge >= 0.3 is 0 Å². The molecule has 0 unspecified atom stereocenters. The Morgan fingerprint density at radius 3 is 2.88 bits per heavy atom. The summed E-state index contributed by atoms with van der Waals surface area (Å²) in [6.07, 6.45) is 1.45. The Morgan fingerprint density at radius 2 is 2.35 bits per heavy atom. The van der Waals surface area contributed by atoms with Crippen molar-refractivity contribution in [3.63, 3.8) is 0 Å². The number of carbonyl (C=O) groups excluding carboxylic acids is 1. The van der Waals surface area contributed by atoms with Crippen LogP contribution in [-0.2, 0) is 7.05 Å². The van der Waals surface area contributed by atoms with E-state index in [1.165, 1.54) is 29.4 Å². The van der Waals surface area contributed by atoms with Crippen LogP contribution in [-0.4, -0.2) is 26.3 Å². The number of carbonyl (C=O) groups is 1. The molecule has 0 amide bonds. The minimum Gasteiger partial charge on any atom is -0.293 e. The summed E-state index contributed by atoms with van der Waals surface area (Å²) >= 11 is 14.2. The average Bonchev–Trinajstić information content (AvgIpc) is 2.81. The normalized spacial score (nSPS) is 10.8. The number of nitrogens with zero attached hydrogens (tertiary/aromatic N) is 3. The molecule has 0 atom stereocenters. The van der Waals surface area contributed by atoms with Crippen molar-refractivity contribution in [3.8, 4) is 0 Å². The van der Waals surface area contributed by atoms with Gasteiger partial charge in [0.2, 0.25) is 0 Å². The van der Waals surface area contributed by atoms with Crippen LogP contribution in [0.5, 0.6) is 0 Å². The maximum Gasteiger partial charge on any atom is 0.186 e. The summed E-state index contributed by atoms with van der Waals surface area (Å²) in [5.74, 6) is 0.199. The van der Waals surface area contributed by atoms with Gasteiger partial charge in [-0.25, -0.2) is 9.67 Å². The molecule has 2 heterocycles.